The van der Waals surface area contributed by atoms with Gasteiger partial charge in [0.25, 0.3) is 0 Å². The fraction of sp³-hybridized carbons (Fsp3) is 0.667. The summed E-state index contributed by atoms with van der Waals surface area (Å²) in [4.78, 5) is 25.0. The minimum Gasteiger partial charge on any atom is -0.481 e. The van der Waals surface area contributed by atoms with Gasteiger partial charge in [-0.15, -0.1) is 0 Å². The highest BCUT2D eigenvalue weighted by atomic mass is 16.4. The van der Waals surface area contributed by atoms with Gasteiger partial charge in [-0.2, -0.15) is 0 Å². The zero-order chi connectivity index (χ0) is 15.0. The summed E-state index contributed by atoms with van der Waals surface area (Å²) in [6, 6.07) is 0.290. The lowest BCUT2D eigenvalue weighted by Crippen LogP contribution is -2.57. The van der Waals surface area contributed by atoms with Gasteiger partial charge in [0.2, 0.25) is 0 Å². The Hall–Kier alpha value is -1.53. The molecule has 4 rings (SSSR count). The van der Waals surface area contributed by atoms with Crippen molar-refractivity contribution in [2.75, 3.05) is 32.7 Å². The summed E-state index contributed by atoms with van der Waals surface area (Å²) in [5, 5.41) is 8.83. The summed E-state index contributed by atoms with van der Waals surface area (Å²) in [6.45, 7) is 9.40. The van der Waals surface area contributed by atoms with Crippen LogP contribution < -0.4 is 0 Å². The van der Waals surface area contributed by atoms with Crippen LogP contribution in [-0.4, -0.2) is 63.6 Å². The number of piperazine rings is 3. The van der Waals surface area contributed by atoms with Gasteiger partial charge in [-0.05, 0) is 25.8 Å². The average Bonchev–Trinajstić information content (AvgIpc) is 2.47. The molecule has 1 aromatic heterocycles. The molecule has 1 N–H and O–H groups in total. The SMILES string of the molecule is Cc1nc(C2CN3CCN2CC3)nc(C)c1CCC(=O)O. The Balaban J connectivity index is 1.83. The van der Waals surface area contributed by atoms with Crippen molar-refractivity contribution < 1.29 is 9.90 Å². The van der Waals surface area contributed by atoms with E-state index in [2.05, 4.69) is 19.8 Å². The van der Waals surface area contributed by atoms with Crippen molar-refractivity contribution in [2.45, 2.75) is 32.7 Å². The van der Waals surface area contributed by atoms with Crippen molar-refractivity contribution in [2.24, 2.45) is 0 Å². The van der Waals surface area contributed by atoms with Crippen LogP contribution in [-0.2, 0) is 11.2 Å². The van der Waals surface area contributed by atoms with Gasteiger partial charge in [-0.25, -0.2) is 9.97 Å². The van der Waals surface area contributed by atoms with Crippen LogP contribution in [0.3, 0.4) is 0 Å². The van der Waals surface area contributed by atoms with E-state index in [9.17, 15) is 4.79 Å². The van der Waals surface area contributed by atoms with Gasteiger partial charge < -0.3 is 5.11 Å². The zero-order valence-electron chi connectivity index (χ0n) is 12.7. The molecule has 0 amide bonds. The van der Waals surface area contributed by atoms with Crippen LogP contribution in [0, 0.1) is 13.8 Å². The summed E-state index contributed by atoms with van der Waals surface area (Å²) in [7, 11) is 0. The van der Waals surface area contributed by atoms with Gasteiger partial charge in [-0.1, -0.05) is 0 Å². The van der Waals surface area contributed by atoms with Crippen LogP contribution in [0.5, 0.6) is 0 Å². The number of carboxylic acid groups (broad SMARTS) is 1. The molecule has 1 unspecified atom stereocenters. The van der Waals surface area contributed by atoms with E-state index >= 15 is 0 Å². The van der Waals surface area contributed by atoms with Crippen LogP contribution >= 0.6 is 0 Å². The second-order valence-electron chi connectivity index (χ2n) is 5.98. The first-order chi connectivity index (χ1) is 10.0. The van der Waals surface area contributed by atoms with Crippen molar-refractivity contribution >= 4 is 5.97 Å². The summed E-state index contributed by atoms with van der Waals surface area (Å²) in [5.74, 6) is 0.120. The average molecular weight is 290 g/mol. The lowest BCUT2D eigenvalue weighted by atomic mass is 10.0. The Bertz CT molecular complexity index is 530. The Morgan fingerprint density at radius 3 is 2.29 bits per heavy atom. The molecule has 1 atom stereocenters. The lowest BCUT2D eigenvalue weighted by molar-refractivity contribution is -0.136. The van der Waals surface area contributed by atoms with Crippen LogP contribution in [0.1, 0.15) is 35.2 Å². The predicted octanol–water partition coefficient (Wildman–Crippen LogP) is 0.783. The highest BCUT2D eigenvalue weighted by molar-refractivity contribution is 5.67. The highest BCUT2D eigenvalue weighted by Gasteiger charge is 2.34. The van der Waals surface area contributed by atoms with E-state index in [0.717, 1.165) is 55.5 Å². The van der Waals surface area contributed by atoms with Crippen molar-refractivity contribution in [3.8, 4) is 0 Å². The molecule has 3 fully saturated rings. The third-order valence-corrected chi connectivity index (χ3v) is 4.60. The molecule has 6 heteroatoms. The zero-order valence-corrected chi connectivity index (χ0v) is 12.7. The van der Waals surface area contributed by atoms with Gasteiger partial charge in [-0.3, -0.25) is 14.6 Å². The Kier molecular flexibility index (Phi) is 3.91. The number of aromatic nitrogens is 2. The first-order valence-electron chi connectivity index (χ1n) is 7.57. The number of hydrogen-bond acceptors (Lipinski definition) is 5. The molecule has 0 saturated carbocycles. The summed E-state index contributed by atoms with van der Waals surface area (Å²) in [6.07, 6.45) is 0.640. The molecule has 1 aromatic rings. The van der Waals surface area contributed by atoms with Crippen molar-refractivity contribution in [3.05, 3.63) is 22.8 Å². The number of carbonyl (C=O) groups is 1. The monoisotopic (exact) mass is 290 g/mol. The second kappa shape index (κ2) is 5.69. The van der Waals surface area contributed by atoms with E-state index in [4.69, 9.17) is 5.11 Å². The molecule has 2 bridgehead atoms. The Morgan fingerprint density at radius 1 is 1.19 bits per heavy atom. The predicted molar refractivity (Wildman–Crippen MR) is 78.2 cm³/mol. The maximum atomic E-state index is 10.7. The third-order valence-electron chi connectivity index (χ3n) is 4.60. The van der Waals surface area contributed by atoms with Gasteiger partial charge in [0, 0.05) is 50.5 Å². The minimum absolute atomic E-state index is 0.133. The number of rotatable bonds is 4. The van der Waals surface area contributed by atoms with E-state index in [1.165, 1.54) is 0 Å². The van der Waals surface area contributed by atoms with Gasteiger partial charge >= 0.3 is 5.97 Å². The van der Waals surface area contributed by atoms with Crippen molar-refractivity contribution in [1.82, 2.24) is 19.8 Å². The van der Waals surface area contributed by atoms with E-state index in [1.807, 2.05) is 13.8 Å². The number of carboxylic acids is 1. The minimum atomic E-state index is -0.777. The topological polar surface area (TPSA) is 69.6 Å². The molecule has 4 heterocycles. The standard InChI is InChI=1S/C15H22N4O2/c1-10-12(3-4-14(20)21)11(2)17-15(16-10)13-9-18-5-7-19(13)8-6-18/h13H,3-9H2,1-2H3,(H,20,21). The second-order valence-corrected chi connectivity index (χ2v) is 5.98. The lowest BCUT2D eigenvalue weighted by Gasteiger charge is -2.46. The maximum Gasteiger partial charge on any atom is 0.303 e. The molecule has 0 aromatic carbocycles. The quantitative estimate of drug-likeness (QED) is 0.884. The molecule has 0 spiro atoms. The summed E-state index contributed by atoms with van der Waals surface area (Å²) < 4.78 is 0. The van der Waals surface area contributed by atoms with Gasteiger partial charge in [0.15, 0.2) is 0 Å². The van der Waals surface area contributed by atoms with Gasteiger partial charge in [0.1, 0.15) is 5.82 Å². The van der Waals surface area contributed by atoms with Crippen LogP contribution in [0.2, 0.25) is 0 Å². The summed E-state index contributed by atoms with van der Waals surface area (Å²) >= 11 is 0. The molecule has 0 radical (unpaired) electrons. The number of aliphatic carboxylic acids is 1. The molecule has 0 aliphatic carbocycles. The molecule has 3 aliphatic heterocycles. The Morgan fingerprint density at radius 2 is 1.81 bits per heavy atom. The molecule has 21 heavy (non-hydrogen) atoms. The number of aryl methyl sites for hydroxylation is 2. The highest BCUT2D eigenvalue weighted by Crippen LogP contribution is 2.27. The number of nitrogens with zero attached hydrogens (tertiary/aromatic N) is 4. The van der Waals surface area contributed by atoms with Crippen LogP contribution in [0.25, 0.3) is 0 Å². The fourth-order valence-electron chi connectivity index (χ4n) is 3.37. The molecular weight excluding hydrogens is 268 g/mol. The van der Waals surface area contributed by atoms with Crippen LogP contribution in [0.4, 0.5) is 0 Å². The number of hydrogen-bond donors (Lipinski definition) is 1. The first-order valence-corrected chi connectivity index (χ1v) is 7.57. The molecule has 3 aliphatic rings. The normalized spacial score (nSPS) is 27.8. The van der Waals surface area contributed by atoms with E-state index in [-0.39, 0.29) is 6.42 Å². The van der Waals surface area contributed by atoms with Crippen molar-refractivity contribution in [3.63, 3.8) is 0 Å². The fourth-order valence-corrected chi connectivity index (χ4v) is 3.37. The molecular formula is C15H22N4O2. The van der Waals surface area contributed by atoms with Gasteiger partial charge in [0.05, 0.1) is 6.04 Å². The summed E-state index contributed by atoms with van der Waals surface area (Å²) in [5.41, 5.74) is 2.84. The molecule has 114 valence electrons. The van der Waals surface area contributed by atoms with Crippen LogP contribution in [0.15, 0.2) is 0 Å². The van der Waals surface area contributed by atoms with Crippen molar-refractivity contribution in [1.29, 1.82) is 0 Å². The molecule has 3 saturated heterocycles. The maximum absolute atomic E-state index is 10.7. The first kappa shape index (κ1) is 14.4. The van der Waals surface area contributed by atoms with E-state index in [0.29, 0.717) is 12.5 Å². The smallest absolute Gasteiger partial charge is 0.303 e. The van der Waals surface area contributed by atoms with E-state index < -0.39 is 5.97 Å². The van der Waals surface area contributed by atoms with E-state index in [1.54, 1.807) is 0 Å². The third kappa shape index (κ3) is 2.91. The number of fused-ring (bicyclic) bond motifs is 3. The largest absolute Gasteiger partial charge is 0.481 e. The molecule has 6 nitrogen and oxygen atoms in total. The Labute approximate surface area is 124 Å².